The quantitative estimate of drug-likeness (QED) is 0.395. The van der Waals surface area contributed by atoms with E-state index < -0.39 is 12.3 Å². The molecular weight excluding hydrogens is 547 g/mol. The number of alkyl halides is 3. The van der Waals surface area contributed by atoms with Crippen LogP contribution >= 0.6 is 0 Å². The number of carboxylic acid groups (broad SMARTS) is 1. The van der Waals surface area contributed by atoms with E-state index in [1.807, 2.05) is 22.6 Å². The molecule has 10 heteroatoms. The molecule has 4 aliphatic rings. The Kier molecular flexibility index (Phi) is 6.38. The first-order chi connectivity index (χ1) is 20.1. The van der Waals surface area contributed by atoms with E-state index in [9.17, 15) is 27.9 Å². The third-order valence-corrected chi connectivity index (χ3v) is 9.65. The fraction of sp³-hybridized carbons (Fsp3) is 0.438. The predicted molar refractivity (Wildman–Crippen MR) is 151 cm³/mol. The van der Waals surface area contributed by atoms with E-state index in [0.717, 1.165) is 61.7 Å². The molecule has 7 rings (SSSR count). The van der Waals surface area contributed by atoms with E-state index in [1.165, 1.54) is 6.07 Å². The standard InChI is InChI=1S/C32H32F3N3O4/c1-36-17-26-24(36)12-13-37(26)30(39)20-14-23-21(8-5-9-27(23)42-32(33,34)35)29-28(18-6-3-2-4-7-18)22-11-10-19(31(40)41)15-25(22)38(29)16-20/h5,8-11,14-15,18,24,26H,2-4,6-7,12-13,16-17H2,1H3,(H,40,41). The molecule has 3 fully saturated rings. The molecule has 3 aromatic rings. The van der Waals surface area contributed by atoms with Crippen molar-refractivity contribution in [2.75, 3.05) is 20.1 Å². The maximum atomic E-state index is 14.2. The first-order valence-corrected chi connectivity index (χ1v) is 14.6. The summed E-state index contributed by atoms with van der Waals surface area (Å²) in [7, 11) is 2.03. The highest BCUT2D eigenvalue weighted by Crippen LogP contribution is 2.48. The number of carboxylic acids is 1. The molecule has 2 saturated heterocycles. The highest BCUT2D eigenvalue weighted by Gasteiger charge is 2.47. The second-order valence-electron chi connectivity index (χ2n) is 12.0. The van der Waals surface area contributed by atoms with Crippen LogP contribution in [0.25, 0.3) is 28.2 Å². The number of ether oxygens (including phenoxy) is 1. The van der Waals surface area contributed by atoms with Gasteiger partial charge >= 0.3 is 12.3 Å². The van der Waals surface area contributed by atoms with Crippen molar-refractivity contribution in [1.29, 1.82) is 0 Å². The van der Waals surface area contributed by atoms with Crippen LogP contribution in [0.2, 0.25) is 0 Å². The summed E-state index contributed by atoms with van der Waals surface area (Å²) >= 11 is 0. The van der Waals surface area contributed by atoms with Gasteiger partial charge in [0.25, 0.3) is 5.91 Å². The fourth-order valence-corrected chi connectivity index (χ4v) is 7.70. The van der Waals surface area contributed by atoms with Crippen molar-refractivity contribution < 1.29 is 32.6 Å². The number of nitrogens with zero attached hydrogens (tertiary/aromatic N) is 3. The Morgan fingerprint density at radius 2 is 1.81 bits per heavy atom. The molecular formula is C32H32F3N3O4. The lowest BCUT2D eigenvalue weighted by molar-refractivity contribution is -0.274. The lowest BCUT2D eigenvalue weighted by Gasteiger charge is -2.44. The summed E-state index contributed by atoms with van der Waals surface area (Å²) in [6.07, 6.45) is 2.59. The molecule has 0 spiro atoms. The molecule has 3 aliphatic heterocycles. The SMILES string of the molecule is CN1CC2C1CCN2C(=O)C1=Cc2c(OC(F)(F)F)cccc2-c2c(C3CCCCC3)c3ccc(C(=O)O)cc3n2C1. The van der Waals surface area contributed by atoms with Crippen LogP contribution in [-0.2, 0) is 11.3 Å². The Morgan fingerprint density at radius 1 is 1.02 bits per heavy atom. The number of hydrogen-bond acceptors (Lipinski definition) is 4. The summed E-state index contributed by atoms with van der Waals surface area (Å²) in [6, 6.07) is 10.0. The van der Waals surface area contributed by atoms with Crippen molar-refractivity contribution in [3.63, 3.8) is 0 Å². The zero-order valence-corrected chi connectivity index (χ0v) is 23.3. The Hall–Kier alpha value is -3.79. The minimum absolute atomic E-state index is 0.0742. The molecule has 4 heterocycles. The summed E-state index contributed by atoms with van der Waals surface area (Å²) < 4.78 is 47.4. The number of likely N-dealkylation sites (tertiary alicyclic amines) is 2. The minimum atomic E-state index is -4.91. The van der Waals surface area contributed by atoms with Gasteiger partial charge in [0.1, 0.15) is 5.75 Å². The summed E-state index contributed by atoms with van der Waals surface area (Å²) in [5, 5.41) is 10.7. The van der Waals surface area contributed by atoms with Crippen LogP contribution in [0.15, 0.2) is 42.0 Å². The predicted octanol–water partition coefficient (Wildman–Crippen LogP) is 6.26. The van der Waals surface area contributed by atoms with E-state index in [2.05, 4.69) is 9.64 Å². The Bertz CT molecular complexity index is 1640. The number of fused-ring (bicyclic) bond motifs is 6. The van der Waals surface area contributed by atoms with Crippen molar-refractivity contribution >= 4 is 28.9 Å². The van der Waals surface area contributed by atoms with Crippen LogP contribution in [0.4, 0.5) is 13.2 Å². The van der Waals surface area contributed by atoms with Gasteiger partial charge in [-0.15, -0.1) is 13.2 Å². The number of aromatic carboxylic acids is 1. The van der Waals surface area contributed by atoms with Gasteiger partial charge in [-0.1, -0.05) is 37.5 Å². The second-order valence-corrected chi connectivity index (χ2v) is 12.0. The number of carbonyl (C=O) groups excluding carboxylic acids is 1. The highest BCUT2D eigenvalue weighted by atomic mass is 19.4. The van der Waals surface area contributed by atoms with E-state index in [-0.39, 0.29) is 47.3 Å². The number of amides is 1. The minimum Gasteiger partial charge on any atom is -0.478 e. The van der Waals surface area contributed by atoms with Crippen molar-refractivity contribution in [2.45, 2.75) is 69.4 Å². The Balaban J connectivity index is 1.47. The van der Waals surface area contributed by atoms with Crippen molar-refractivity contribution in [3.05, 3.63) is 58.7 Å². The number of halogens is 3. The largest absolute Gasteiger partial charge is 0.573 e. The van der Waals surface area contributed by atoms with Gasteiger partial charge in [0, 0.05) is 46.7 Å². The van der Waals surface area contributed by atoms with Gasteiger partial charge < -0.3 is 19.3 Å². The molecule has 0 radical (unpaired) electrons. The van der Waals surface area contributed by atoms with Gasteiger partial charge in [0.05, 0.1) is 23.8 Å². The highest BCUT2D eigenvalue weighted by molar-refractivity contribution is 6.04. The van der Waals surface area contributed by atoms with Gasteiger partial charge in [0.2, 0.25) is 0 Å². The number of benzene rings is 2. The smallest absolute Gasteiger partial charge is 0.478 e. The van der Waals surface area contributed by atoms with Gasteiger partial charge in [0.15, 0.2) is 0 Å². The average molecular weight is 580 g/mol. The first-order valence-electron chi connectivity index (χ1n) is 14.6. The molecule has 2 atom stereocenters. The van der Waals surface area contributed by atoms with Crippen molar-refractivity contribution in [1.82, 2.24) is 14.4 Å². The molecule has 2 aromatic carbocycles. The van der Waals surface area contributed by atoms with E-state index in [1.54, 1.807) is 30.3 Å². The molecule has 0 bridgehead atoms. The monoisotopic (exact) mass is 579 g/mol. The third kappa shape index (κ3) is 4.38. The van der Waals surface area contributed by atoms with Gasteiger partial charge in [-0.2, -0.15) is 0 Å². The molecule has 1 N–H and O–H groups in total. The van der Waals surface area contributed by atoms with Crippen LogP contribution in [0.3, 0.4) is 0 Å². The maximum Gasteiger partial charge on any atom is 0.573 e. The molecule has 1 saturated carbocycles. The summed E-state index contributed by atoms with van der Waals surface area (Å²) in [5.74, 6) is -1.46. The zero-order valence-electron chi connectivity index (χ0n) is 23.3. The second kappa shape index (κ2) is 9.90. The van der Waals surface area contributed by atoms with Gasteiger partial charge in [-0.3, -0.25) is 9.69 Å². The van der Waals surface area contributed by atoms with Gasteiger partial charge in [-0.25, -0.2) is 4.79 Å². The van der Waals surface area contributed by atoms with Crippen molar-refractivity contribution in [3.8, 4) is 17.0 Å². The lowest BCUT2D eigenvalue weighted by atomic mass is 9.81. The molecule has 1 aliphatic carbocycles. The topological polar surface area (TPSA) is 75.0 Å². The number of aromatic nitrogens is 1. The Labute approximate surface area is 241 Å². The average Bonchev–Trinajstić information content (AvgIpc) is 3.40. The molecule has 1 amide bonds. The van der Waals surface area contributed by atoms with Crippen LogP contribution < -0.4 is 4.74 Å². The van der Waals surface area contributed by atoms with Crippen LogP contribution in [-0.4, -0.2) is 69.9 Å². The van der Waals surface area contributed by atoms with Crippen LogP contribution in [0, 0.1) is 0 Å². The molecule has 1 aromatic heterocycles. The number of rotatable bonds is 4. The molecule has 220 valence electrons. The van der Waals surface area contributed by atoms with E-state index in [0.29, 0.717) is 23.2 Å². The number of likely N-dealkylation sites (N-methyl/N-ethyl adjacent to an activating group) is 1. The normalized spacial score (nSPS) is 22.6. The third-order valence-electron chi connectivity index (χ3n) is 9.65. The summed E-state index contributed by atoms with van der Waals surface area (Å²) in [5.41, 5.74) is 3.67. The molecule has 42 heavy (non-hydrogen) atoms. The van der Waals surface area contributed by atoms with E-state index in [4.69, 9.17) is 0 Å². The molecule has 7 nitrogen and oxygen atoms in total. The Morgan fingerprint density at radius 3 is 2.50 bits per heavy atom. The van der Waals surface area contributed by atoms with E-state index >= 15 is 0 Å². The number of carbonyl (C=O) groups is 2. The van der Waals surface area contributed by atoms with Crippen molar-refractivity contribution in [2.24, 2.45) is 0 Å². The zero-order chi connectivity index (χ0) is 29.3. The van der Waals surface area contributed by atoms with Gasteiger partial charge in [-0.05, 0) is 62.1 Å². The summed E-state index contributed by atoms with van der Waals surface area (Å²) in [4.78, 5) is 30.2. The van der Waals surface area contributed by atoms with Crippen LogP contribution in [0.5, 0.6) is 5.75 Å². The maximum absolute atomic E-state index is 14.2. The lowest BCUT2D eigenvalue weighted by Crippen LogP contribution is -2.61. The first kappa shape index (κ1) is 27.1. The molecule has 2 unspecified atom stereocenters. The summed E-state index contributed by atoms with van der Waals surface area (Å²) in [6.45, 7) is 1.46. The fourth-order valence-electron chi connectivity index (χ4n) is 7.70. The van der Waals surface area contributed by atoms with Crippen LogP contribution in [0.1, 0.15) is 65.9 Å². The number of hydrogen-bond donors (Lipinski definition) is 1.